The maximum Gasteiger partial charge on any atom is 0.100 e. The van der Waals surface area contributed by atoms with Gasteiger partial charge in [-0.25, -0.2) is 0 Å². The van der Waals surface area contributed by atoms with E-state index in [1.807, 2.05) is 49.6 Å². The lowest BCUT2D eigenvalue weighted by atomic mass is 10.1. The number of para-hydroxylation sites is 1. The molecule has 6 heteroatoms. The van der Waals surface area contributed by atoms with Crippen molar-refractivity contribution in [2.45, 2.75) is 12.5 Å². The monoisotopic (exact) mass is 268 g/mol. The highest BCUT2D eigenvalue weighted by Gasteiger charge is 2.13. The predicted molar refractivity (Wildman–Crippen MR) is 75.2 cm³/mol. The van der Waals surface area contributed by atoms with Crippen LogP contribution < -0.4 is 5.73 Å². The molecule has 0 saturated heterocycles. The second-order valence-electron chi connectivity index (χ2n) is 4.69. The highest BCUT2D eigenvalue weighted by atomic mass is 15.5. The van der Waals surface area contributed by atoms with Gasteiger partial charge in [0, 0.05) is 19.7 Å². The van der Waals surface area contributed by atoms with Crippen LogP contribution in [0.25, 0.3) is 5.69 Å². The van der Waals surface area contributed by atoms with E-state index in [1.54, 1.807) is 15.7 Å². The van der Waals surface area contributed by atoms with Crippen LogP contribution in [-0.4, -0.2) is 24.8 Å². The maximum atomic E-state index is 6.16. The van der Waals surface area contributed by atoms with E-state index in [4.69, 9.17) is 5.73 Å². The number of nitrogens with two attached hydrogens (primary N) is 1. The van der Waals surface area contributed by atoms with Crippen LogP contribution in [0.3, 0.4) is 0 Å². The van der Waals surface area contributed by atoms with Crippen LogP contribution in [0.5, 0.6) is 0 Å². The largest absolute Gasteiger partial charge is 0.322 e. The summed E-state index contributed by atoms with van der Waals surface area (Å²) in [6.07, 6.45) is 4.26. The summed E-state index contributed by atoms with van der Waals surface area (Å²) in [6.45, 7) is 0. The summed E-state index contributed by atoms with van der Waals surface area (Å²) < 4.78 is 1.77. The van der Waals surface area contributed by atoms with Gasteiger partial charge in [0.15, 0.2) is 0 Å². The lowest BCUT2D eigenvalue weighted by molar-refractivity contribution is 0.644. The van der Waals surface area contributed by atoms with Crippen molar-refractivity contribution < 1.29 is 0 Å². The van der Waals surface area contributed by atoms with E-state index in [0.29, 0.717) is 6.42 Å². The number of benzene rings is 1. The average Bonchev–Trinajstić information content (AvgIpc) is 3.09. The normalized spacial score (nSPS) is 12.5. The molecule has 2 N–H and O–H groups in total. The molecule has 0 saturated carbocycles. The van der Waals surface area contributed by atoms with E-state index < -0.39 is 0 Å². The minimum atomic E-state index is -0.206. The number of nitrogens with zero attached hydrogens (tertiary/aromatic N) is 5. The quantitative estimate of drug-likeness (QED) is 0.772. The van der Waals surface area contributed by atoms with Crippen molar-refractivity contribution in [2.24, 2.45) is 12.8 Å². The molecular weight excluding hydrogens is 252 g/mol. The Hall–Kier alpha value is -2.47. The van der Waals surface area contributed by atoms with Crippen molar-refractivity contribution >= 4 is 0 Å². The third-order valence-electron chi connectivity index (χ3n) is 3.07. The molecule has 0 amide bonds. The van der Waals surface area contributed by atoms with E-state index in [9.17, 15) is 0 Å². The van der Waals surface area contributed by atoms with Crippen molar-refractivity contribution in [3.05, 3.63) is 60.2 Å². The smallest absolute Gasteiger partial charge is 0.100 e. The fourth-order valence-corrected chi connectivity index (χ4v) is 2.03. The minimum absolute atomic E-state index is 0.206. The van der Waals surface area contributed by atoms with E-state index in [2.05, 4.69) is 15.3 Å². The van der Waals surface area contributed by atoms with Crippen molar-refractivity contribution in [2.75, 3.05) is 0 Å². The third kappa shape index (κ3) is 2.60. The first-order valence-electron chi connectivity index (χ1n) is 6.44. The Kier molecular flexibility index (Phi) is 3.30. The van der Waals surface area contributed by atoms with Gasteiger partial charge in [-0.3, -0.25) is 4.68 Å². The summed E-state index contributed by atoms with van der Waals surface area (Å²) in [5, 5.41) is 13.0. The second kappa shape index (κ2) is 5.26. The molecule has 2 aromatic heterocycles. The second-order valence-corrected chi connectivity index (χ2v) is 4.69. The first-order valence-corrected chi connectivity index (χ1v) is 6.44. The molecule has 2 heterocycles. The molecule has 1 unspecified atom stereocenters. The molecule has 3 rings (SSSR count). The van der Waals surface area contributed by atoms with Crippen LogP contribution in [0.15, 0.2) is 48.8 Å². The van der Waals surface area contributed by atoms with Crippen molar-refractivity contribution in [3.8, 4) is 5.69 Å². The lowest BCUT2D eigenvalue weighted by Crippen LogP contribution is -2.15. The Morgan fingerprint density at radius 1 is 1.15 bits per heavy atom. The number of aromatic nitrogens is 5. The van der Waals surface area contributed by atoms with Gasteiger partial charge in [0.1, 0.15) is 5.69 Å². The van der Waals surface area contributed by atoms with Crippen molar-refractivity contribution in [1.82, 2.24) is 24.8 Å². The summed E-state index contributed by atoms with van der Waals surface area (Å²) in [5.41, 5.74) is 8.80. The highest BCUT2D eigenvalue weighted by Crippen LogP contribution is 2.13. The average molecular weight is 268 g/mol. The van der Waals surface area contributed by atoms with E-state index in [0.717, 1.165) is 17.1 Å². The van der Waals surface area contributed by atoms with Gasteiger partial charge in [-0.15, -0.1) is 0 Å². The van der Waals surface area contributed by atoms with E-state index >= 15 is 0 Å². The summed E-state index contributed by atoms with van der Waals surface area (Å²) >= 11 is 0. The van der Waals surface area contributed by atoms with Crippen molar-refractivity contribution in [3.63, 3.8) is 0 Å². The van der Waals surface area contributed by atoms with Gasteiger partial charge in [-0.05, 0) is 18.2 Å². The zero-order chi connectivity index (χ0) is 13.9. The molecule has 0 fully saturated rings. The molecule has 0 aliphatic carbocycles. The minimum Gasteiger partial charge on any atom is -0.322 e. The molecular formula is C14H16N6. The number of aryl methyl sites for hydroxylation is 1. The van der Waals surface area contributed by atoms with Crippen LogP contribution in [0.1, 0.15) is 17.4 Å². The molecule has 3 aromatic rings. The zero-order valence-corrected chi connectivity index (χ0v) is 11.2. The summed E-state index contributed by atoms with van der Waals surface area (Å²) in [6, 6.07) is 11.5. The Morgan fingerprint density at radius 2 is 1.95 bits per heavy atom. The van der Waals surface area contributed by atoms with Gasteiger partial charge in [0.25, 0.3) is 0 Å². The Morgan fingerprint density at radius 3 is 2.65 bits per heavy atom. The molecule has 6 nitrogen and oxygen atoms in total. The first-order chi connectivity index (χ1) is 9.72. The number of hydrogen-bond donors (Lipinski definition) is 1. The lowest BCUT2D eigenvalue weighted by Gasteiger charge is -2.05. The van der Waals surface area contributed by atoms with Crippen LogP contribution in [0.2, 0.25) is 0 Å². The fourth-order valence-electron chi connectivity index (χ4n) is 2.03. The van der Waals surface area contributed by atoms with Gasteiger partial charge in [-0.2, -0.15) is 20.1 Å². The zero-order valence-electron chi connectivity index (χ0n) is 11.2. The van der Waals surface area contributed by atoms with Gasteiger partial charge < -0.3 is 5.73 Å². The Balaban J connectivity index is 1.76. The van der Waals surface area contributed by atoms with E-state index in [1.165, 1.54) is 0 Å². The molecule has 0 spiro atoms. The van der Waals surface area contributed by atoms with Gasteiger partial charge >= 0.3 is 0 Å². The Bertz CT molecular complexity index is 685. The molecule has 20 heavy (non-hydrogen) atoms. The van der Waals surface area contributed by atoms with E-state index in [-0.39, 0.29) is 6.04 Å². The molecule has 0 aliphatic rings. The van der Waals surface area contributed by atoms with Crippen molar-refractivity contribution in [1.29, 1.82) is 0 Å². The van der Waals surface area contributed by atoms with Gasteiger partial charge in [0.2, 0.25) is 0 Å². The summed E-state index contributed by atoms with van der Waals surface area (Å²) in [7, 11) is 1.89. The number of hydrogen-bond acceptors (Lipinski definition) is 4. The van der Waals surface area contributed by atoms with Gasteiger partial charge in [-0.1, -0.05) is 18.2 Å². The van der Waals surface area contributed by atoms with Crippen LogP contribution in [0, 0.1) is 0 Å². The van der Waals surface area contributed by atoms with Crippen LogP contribution >= 0.6 is 0 Å². The summed E-state index contributed by atoms with van der Waals surface area (Å²) in [4.78, 5) is 1.59. The summed E-state index contributed by atoms with van der Waals surface area (Å²) in [5.74, 6) is 0. The molecule has 1 atom stereocenters. The Labute approximate surface area is 116 Å². The SMILES string of the molecule is Cn1ccc(CC(N)c2cnn(-c3ccccc3)n2)n1. The molecule has 0 aliphatic heterocycles. The standard InChI is InChI=1S/C14H16N6/c1-19-8-7-11(17-19)9-13(15)14-10-16-20(18-14)12-5-3-2-4-6-12/h2-8,10,13H,9,15H2,1H3. The molecule has 0 bridgehead atoms. The first kappa shape index (κ1) is 12.6. The maximum absolute atomic E-state index is 6.16. The van der Waals surface area contributed by atoms with Gasteiger partial charge in [0.05, 0.1) is 23.6 Å². The van der Waals surface area contributed by atoms with Crippen LogP contribution in [-0.2, 0) is 13.5 Å². The number of rotatable bonds is 4. The fraction of sp³-hybridized carbons (Fsp3) is 0.214. The highest BCUT2D eigenvalue weighted by molar-refractivity contribution is 5.28. The molecule has 1 aromatic carbocycles. The molecule has 102 valence electrons. The van der Waals surface area contributed by atoms with Crippen LogP contribution in [0.4, 0.5) is 0 Å². The topological polar surface area (TPSA) is 74.6 Å². The third-order valence-corrected chi connectivity index (χ3v) is 3.07. The molecule has 0 radical (unpaired) electrons. The predicted octanol–water partition coefficient (Wildman–Crippen LogP) is 1.24.